The Morgan fingerprint density at radius 2 is 2.00 bits per heavy atom. The third kappa shape index (κ3) is 2.56. The molecule has 1 amide bonds. The lowest BCUT2D eigenvalue weighted by Gasteiger charge is -2.21. The molecule has 2 aliphatic rings. The van der Waals surface area contributed by atoms with Crippen molar-refractivity contribution in [2.75, 3.05) is 6.54 Å². The van der Waals surface area contributed by atoms with Crippen molar-refractivity contribution in [3.8, 4) is 0 Å². The molecule has 1 atom stereocenters. The maximum Gasteiger partial charge on any atom is 0.230 e. The minimum absolute atomic E-state index is 0.164. The van der Waals surface area contributed by atoms with Crippen LogP contribution in [0.5, 0.6) is 0 Å². The third-order valence-corrected chi connectivity index (χ3v) is 4.87. The van der Waals surface area contributed by atoms with E-state index in [9.17, 15) is 4.79 Å². The lowest BCUT2D eigenvalue weighted by Crippen LogP contribution is -2.46. The summed E-state index contributed by atoms with van der Waals surface area (Å²) in [7, 11) is 0. The summed E-state index contributed by atoms with van der Waals surface area (Å²) in [6.45, 7) is 0.548. The molecule has 3 rings (SSSR count). The van der Waals surface area contributed by atoms with Crippen LogP contribution in [0, 0.1) is 5.92 Å². The fraction of sp³-hybridized carbons (Fsp3) is 0.533. The van der Waals surface area contributed by atoms with E-state index in [-0.39, 0.29) is 17.4 Å². The lowest BCUT2D eigenvalue weighted by molar-refractivity contribution is -0.124. The number of carbonyl (C=O) groups excluding carboxylic acids is 1. The van der Waals surface area contributed by atoms with Gasteiger partial charge in [0.05, 0.1) is 5.41 Å². The lowest BCUT2D eigenvalue weighted by atomic mass is 9.94. The molecule has 0 spiro atoms. The van der Waals surface area contributed by atoms with E-state index in [0.29, 0.717) is 12.5 Å². The van der Waals surface area contributed by atoms with Gasteiger partial charge < -0.3 is 11.1 Å². The smallest absolute Gasteiger partial charge is 0.230 e. The molecule has 3 N–H and O–H groups in total. The average Bonchev–Trinajstić information content (AvgIpc) is 3.29. The van der Waals surface area contributed by atoms with E-state index < -0.39 is 0 Å². The molecule has 0 heterocycles. The first-order valence-electron chi connectivity index (χ1n) is 6.93. The first-order valence-corrected chi connectivity index (χ1v) is 7.72. The van der Waals surface area contributed by atoms with Crippen molar-refractivity contribution < 1.29 is 4.79 Å². The molecule has 2 saturated carbocycles. The van der Waals surface area contributed by atoms with Crippen molar-refractivity contribution in [1.82, 2.24) is 5.32 Å². The van der Waals surface area contributed by atoms with E-state index in [1.54, 1.807) is 0 Å². The van der Waals surface area contributed by atoms with E-state index in [2.05, 4.69) is 21.2 Å². The SMILES string of the molecule is NCC(NC(=O)C1(c2ccc(Br)cc2)CC1)C1CC1. The van der Waals surface area contributed by atoms with Gasteiger partial charge in [-0.3, -0.25) is 4.79 Å². The number of hydrogen-bond donors (Lipinski definition) is 2. The molecular formula is C15H19BrN2O. The fourth-order valence-electron chi connectivity index (χ4n) is 2.72. The van der Waals surface area contributed by atoms with Crippen molar-refractivity contribution in [1.29, 1.82) is 0 Å². The zero-order valence-electron chi connectivity index (χ0n) is 10.9. The second kappa shape index (κ2) is 4.91. The molecule has 0 radical (unpaired) electrons. The van der Waals surface area contributed by atoms with E-state index in [0.717, 1.165) is 22.9 Å². The molecule has 19 heavy (non-hydrogen) atoms. The van der Waals surface area contributed by atoms with Crippen LogP contribution in [0.3, 0.4) is 0 Å². The van der Waals surface area contributed by atoms with Gasteiger partial charge >= 0.3 is 0 Å². The standard InChI is InChI=1S/C15H19BrN2O/c16-12-5-3-11(4-6-12)15(7-8-15)14(19)18-13(9-17)10-1-2-10/h3-6,10,13H,1-2,7-9,17H2,(H,18,19). The largest absolute Gasteiger partial charge is 0.351 e. The zero-order valence-corrected chi connectivity index (χ0v) is 12.4. The Kier molecular flexibility index (Phi) is 3.39. The van der Waals surface area contributed by atoms with Crippen molar-refractivity contribution in [3.63, 3.8) is 0 Å². The highest BCUT2D eigenvalue weighted by atomic mass is 79.9. The van der Waals surface area contributed by atoms with Gasteiger partial charge in [0.25, 0.3) is 0 Å². The molecule has 2 fully saturated rings. The minimum Gasteiger partial charge on any atom is -0.351 e. The number of nitrogens with two attached hydrogens (primary N) is 1. The van der Waals surface area contributed by atoms with Crippen LogP contribution in [-0.4, -0.2) is 18.5 Å². The van der Waals surface area contributed by atoms with Crippen LogP contribution in [-0.2, 0) is 10.2 Å². The molecule has 102 valence electrons. The van der Waals surface area contributed by atoms with Crippen LogP contribution in [0.1, 0.15) is 31.2 Å². The van der Waals surface area contributed by atoms with Gasteiger partial charge in [0.1, 0.15) is 0 Å². The molecule has 0 saturated heterocycles. The Balaban J connectivity index is 1.73. The van der Waals surface area contributed by atoms with Crippen molar-refractivity contribution in [2.24, 2.45) is 11.7 Å². The first-order chi connectivity index (χ1) is 9.15. The van der Waals surface area contributed by atoms with Crippen LogP contribution in [0.2, 0.25) is 0 Å². The normalized spacial score (nSPS) is 21.8. The van der Waals surface area contributed by atoms with Crippen LogP contribution in [0.15, 0.2) is 28.7 Å². The predicted octanol–water partition coefficient (Wildman–Crippen LogP) is 2.33. The molecule has 0 aromatic heterocycles. The van der Waals surface area contributed by atoms with E-state index in [1.807, 2.05) is 24.3 Å². The molecule has 0 aliphatic heterocycles. The van der Waals surface area contributed by atoms with Gasteiger partial charge in [0.15, 0.2) is 0 Å². The Labute approximate surface area is 122 Å². The fourth-order valence-corrected chi connectivity index (χ4v) is 2.98. The summed E-state index contributed by atoms with van der Waals surface area (Å²) in [5, 5.41) is 3.17. The maximum absolute atomic E-state index is 12.5. The van der Waals surface area contributed by atoms with E-state index in [1.165, 1.54) is 12.8 Å². The second-order valence-corrected chi connectivity index (χ2v) is 6.66. The average molecular weight is 323 g/mol. The molecule has 0 bridgehead atoms. The third-order valence-electron chi connectivity index (χ3n) is 4.34. The summed E-state index contributed by atoms with van der Waals surface area (Å²) in [5.74, 6) is 0.770. The maximum atomic E-state index is 12.5. The monoisotopic (exact) mass is 322 g/mol. The number of rotatable bonds is 5. The molecule has 2 aliphatic carbocycles. The Morgan fingerprint density at radius 1 is 1.37 bits per heavy atom. The van der Waals surface area contributed by atoms with Gasteiger partial charge in [0.2, 0.25) is 5.91 Å². The number of amides is 1. The predicted molar refractivity (Wildman–Crippen MR) is 78.8 cm³/mol. The molecule has 1 unspecified atom stereocenters. The van der Waals surface area contributed by atoms with Gasteiger partial charge in [-0.25, -0.2) is 0 Å². The van der Waals surface area contributed by atoms with Gasteiger partial charge in [-0.05, 0) is 49.3 Å². The highest BCUT2D eigenvalue weighted by Crippen LogP contribution is 2.49. The van der Waals surface area contributed by atoms with Gasteiger partial charge in [0, 0.05) is 17.1 Å². The number of benzene rings is 1. The minimum atomic E-state index is -0.289. The molecule has 4 heteroatoms. The summed E-state index contributed by atoms with van der Waals surface area (Å²) in [6.07, 6.45) is 4.30. The topological polar surface area (TPSA) is 55.1 Å². The van der Waals surface area contributed by atoms with Gasteiger partial charge in [-0.2, -0.15) is 0 Å². The van der Waals surface area contributed by atoms with Crippen LogP contribution < -0.4 is 11.1 Å². The number of halogens is 1. The molecule has 1 aromatic rings. The summed E-state index contributed by atoms with van der Waals surface area (Å²) >= 11 is 3.43. The van der Waals surface area contributed by atoms with Crippen LogP contribution in [0.25, 0.3) is 0 Å². The highest BCUT2D eigenvalue weighted by Gasteiger charge is 2.52. The summed E-state index contributed by atoms with van der Waals surface area (Å²) in [4.78, 5) is 12.5. The number of hydrogen-bond acceptors (Lipinski definition) is 2. The second-order valence-electron chi connectivity index (χ2n) is 5.74. The van der Waals surface area contributed by atoms with Crippen molar-refractivity contribution in [3.05, 3.63) is 34.3 Å². The van der Waals surface area contributed by atoms with E-state index >= 15 is 0 Å². The Hall–Kier alpha value is -0.870. The number of nitrogens with one attached hydrogen (secondary N) is 1. The number of carbonyl (C=O) groups is 1. The summed E-state index contributed by atoms with van der Waals surface area (Å²) < 4.78 is 1.05. The van der Waals surface area contributed by atoms with Crippen molar-refractivity contribution >= 4 is 21.8 Å². The summed E-state index contributed by atoms with van der Waals surface area (Å²) in [6, 6.07) is 8.27. The zero-order chi connectivity index (χ0) is 13.5. The van der Waals surface area contributed by atoms with Crippen LogP contribution in [0.4, 0.5) is 0 Å². The molecular weight excluding hydrogens is 304 g/mol. The Bertz CT molecular complexity index is 477. The first kappa shape index (κ1) is 13.1. The quantitative estimate of drug-likeness (QED) is 0.874. The van der Waals surface area contributed by atoms with Gasteiger partial charge in [-0.1, -0.05) is 28.1 Å². The Morgan fingerprint density at radius 3 is 2.47 bits per heavy atom. The van der Waals surface area contributed by atoms with E-state index in [4.69, 9.17) is 5.73 Å². The van der Waals surface area contributed by atoms with Crippen LogP contribution >= 0.6 is 15.9 Å². The molecule has 3 nitrogen and oxygen atoms in total. The van der Waals surface area contributed by atoms with Crippen molar-refractivity contribution in [2.45, 2.75) is 37.1 Å². The van der Waals surface area contributed by atoms with Gasteiger partial charge in [-0.15, -0.1) is 0 Å². The summed E-state index contributed by atoms with van der Waals surface area (Å²) in [5.41, 5.74) is 6.60. The highest BCUT2D eigenvalue weighted by molar-refractivity contribution is 9.10. The molecule has 1 aromatic carbocycles.